The van der Waals surface area contributed by atoms with Crippen LogP contribution in [0.3, 0.4) is 0 Å². The fourth-order valence-electron chi connectivity index (χ4n) is 2.71. The predicted molar refractivity (Wildman–Crippen MR) is 53.3 cm³/mol. The van der Waals surface area contributed by atoms with E-state index >= 15 is 0 Å². The van der Waals surface area contributed by atoms with Gasteiger partial charge in [0, 0.05) is 5.92 Å². The van der Waals surface area contributed by atoms with Gasteiger partial charge in [-0.1, -0.05) is 32.4 Å². The number of carbonyl (C=O) groups is 1. The first-order valence-corrected chi connectivity index (χ1v) is 5.25. The lowest BCUT2D eigenvalue weighted by molar-refractivity contribution is -0.109. The molecule has 0 aromatic heterocycles. The van der Waals surface area contributed by atoms with Crippen molar-refractivity contribution in [1.82, 2.24) is 0 Å². The van der Waals surface area contributed by atoms with Gasteiger partial charge in [0.05, 0.1) is 0 Å². The highest BCUT2D eigenvalue weighted by Crippen LogP contribution is 2.64. The number of fused-ring (bicyclic) bond motifs is 1. The summed E-state index contributed by atoms with van der Waals surface area (Å²) in [5, 5.41) is 0. The third kappa shape index (κ3) is 1.17. The van der Waals surface area contributed by atoms with Crippen LogP contribution in [0.25, 0.3) is 0 Å². The first kappa shape index (κ1) is 8.98. The van der Waals surface area contributed by atoms with Gasteiger partial charge in [-0.25, -0.2) is 0 Å². The number of rotatable bonds is 2. The lowest BCUT2D eigenvalue weighted by Crippen LogP contribution is -2.07. The molecule has 0 saturated heterocycles. The Labute approximate surface area is 80.2 Å². The molecule has 0 radical (unpaired) electrons. The maximum atomic E-state index is 10.8. The highest BCUT2D eigenvalue weighted by Gasteiger charge is 2.60. The molecule has 0 amide bonds. The Balaban J connectivity index is 2.17. The van der Waals surface area contributed by atoms with Crippen molar-refractivity contribution in [2.24, 2.45) is 23.2 Å². The fourth-order valence-corrected chi connectivity index (χ4v) is 2.71. The van der Waals surface area contributed by atoms with Crippen LogP contribution in [0.15, 0.2) is 11.6 Å². The van der Waals surface area contributed by atoms with Crippen molar-refractivity contribution in [3.05, 3.63) is 11.6 Å². The Morgan fingerprint density at radius 2 is 2.31 bits per heavy atom. The molecular weight excluding hydrogens is 160 g/mol. The Morgan fingerprint density at radius 3 is 2.85 bits per heavy atom. The van der Waals surface area contributed by atoms with Gasteiger partial charge in [-0.2, -0.15) is 0 Å². The van der Waals surface area contributed by atoms with Crippen LogP contribution in [-0.2, 0) is 4.79 Å². The van der Waals surface area contributed by atoms with Crippen molar-refractivity contribution in [2.75, 3.05) is 0 Å². The van der Waals surface area contributed by atoms with E-state index < -0.39 is 0 Å². The molecular formula is C12H18O. The van der Waals surface area contributed by atoms with Crippen LogP contribution >= 0.6 is 0 Å². The topological polar surface area (TPSA) is 17.1 Å². The van der Waals surface area contributed by atoms with E-state index in [-0.39, 0.29) is 0 Å². The van der Waals surface area contributed by atoms with E-state index in [2.05, 4.69) is 26.8 Å². The minimum Gasteiger partial charge on any atom is -0.303 e. The summed E-state index contributed by atoms with van der Waals surface area (Å²) in [4.78, 5) is 10.8. The zero-order valence-corrected chi connectivity index (χ0v) is 8.71. The van der Waals surface area contributed by atoms with Crippen molar-refractivity contribution in [3.63, 3.8) is 0 Å². The second-order valence-corrected chi connectivity index (χ2v) is 5.09. The van der Waals surface area contributed by atoms with Crippen LogP contribution in [-0.4, -0.2) is 6.29 Å². The molecule has 3 atom stereocenters. The molecule has 0 N–H and O–H groups in total. The zero-order chi connectivity index (χ0) is 9.64. The largest absolute Gasteiger partial charge is 0.303 e. The average molecular weight is 178 g/mol. The zero-order valence-electron chi connectivity index (χ0n) is 8.71. The molecule has 0 aliphatic heterocycles. The number of hydrogen-bond acceptors (Lipinski definition) is 1. The second kappa shape index (κ2) is 2.70. The SMILES string of the molecule is CC(C)C1=C[C@H]2[C@H](C=O)[C@@]2(C)CC1. The lowest BCUT2D eigenvalue weighted by Gasteiger charge is -2.20. The highest BCUT2D eigenvalue weighted by atomic mass is 16.1. The summed E-state index contributed by atoms with van der Waals surface area (Å²) >= 11 is 0. The van der Waals surface area contributed by atoms with E-state index in [0.717, 1.165) is 6.29 Å². The van der Waals surface area contributed by atoms with Crippen LogP contribution in [0.4, 0.5) is 0 Å². The summed E-state index contributed by atoms with van der Waals surface area (Å²) in [6.45, 7) is 6.74. The van der Waals surface area contributed by atoms with E-state index in [4.69, 9.17) is 0 Å². The Bertz CT molecular complexity index is 264. The molecule has 1 saturated carbocycles. The van der Waals surface area contributed by atoms with Crippen LogP contribution in [0, 0.1) is 23.2 Å². The Kier molecular flexibility index (Phi) is 1.86. The highest BCUT2D eigenvalue weighted by molar-refractivity contribution is 5.63. The normalized spacial score (nSPS) is 42.6. The van der Waals surface area contributed by atoms with Gasteiger partial charge in [0.25, 0.3) is 0 Å². The van der Waals surface area contributed by atoms with Gasteiger partial charge in [0.1, 0.15) is 6.29 Å². The molecule has 1 heteroatoms. The van der Waals surface area contributed by atoms with Gasteiger partial charge >= 0.3 is 0 Å². The van der Waals surface area contributed by atoms with E-state index in [9.17, 15) is 4.79 Å². The number of aldehydes is 1. The molecule has 0 bridgehead atoms. The molecule has 0 unspecified atom stereocenters. The number of carbonyl (C=O) groups excluding carboxylic acids is 1. The van der Waals surface area contributed by atoms with E-state index in [1.807, 2.05) is 0 Å². The molecule has 72 valence electrons. The monoisotopic (exact) mass is 178 g/mol. The van der Waals surface area contributed by atoms with E-state index in [1.54, 1.807) is 5.57 Å². The molecule has 13 heavy (non-hydrogen) atoms. The van der Waals surface area contributed by atoms with Crippen LogP contribution in [0.5, 0.6) is 0 Å². The minimum atomic E-state index is 0.323. The van der Waals surface area contributed by atoms with Crippen molar-refractivity contribution in [1.29, 1.82) is 0 Å². The molecule has 0 heterocycles. The minimum absolute atomic E-state index is 0.323. The van der Waals surface area contributed by atoms with Crippen molar-refractivity contribution < 1.29 is 4.79 Å². The van der Waals surface area contributed by atoms with Gasteiger partial charge in [-0.3, -0.25) is 0 Å². The standard InChI is InChI=1S/C12H18O/c1-8(2)9-4-5-12(3)10(6-9)11(12)7-13/h6-8,10-11H,4-5H2,1-3H3/t10-,11-,12-/m0/s1. The van der Waals surface area contributed by atoms with E-state index in [0.29, 0.717) is 23.2 Å². The third-order valence-electron chi connectivity index (χ3n) is 4.03. The summed E-state index contributed by atoms with van der Waals surface area (Å²) in [6, 6.07) is 0. The van der Waals surface area contributed by atoms with Gasteiger partial charge in [-0.15, -0.1) is 0 Å². The number of allylic oxidation sites excluding steroid dienone is 2. The molecule has 1 fully saturated rings. The summed E-state index contributed by atoms with van der Waals surface area (Å²) in [5.74, 6) is 1.55. The first-order valence-electron chi connectivity index (χ1n) is 5.25. The molecule has 2 rings (SSSR count). The van der Waals surface area contributed by atoms with Gasteiger partial charge < -0.3 is 4.79 Å². The lowest BCUT2D eigenvalue weighted by atomic mass is 9.85. The Hall–Kier alpha value is -0.590. The van der Waals surface area contributed by atoms with Crippen molar-refractivity contribution in [3.8, 4) is 0 Å². The summed E-state index contributed by atoms with van der Waals surface area (Å²) in [5.41, 5.74) is 1.90. The molecule has 0 aromatic rings. The van der Waals surface area contributed by atoms with Crippen molar-refractivity contribution in [2.45, 2.75) is 33.6 Å². The molecule has 1 nitrogen and oxygen atoms in total. The van der Waals surface area contributed by atoms with Crippen molar-refractivity contribution >= 4 is 6.29 Å². The maximum Gasteiger partial charge on any atom is 0.124 e. The Morgan fingerprint density at radius 1 is 1.62 bits per heavy atom. The number of hydrogen-bond donors (Lipinski definition) is 0. The summed E-state index contributed by atoms with van der Waals surface area (Å²) in [6.07, 6.45) is 5.94. The summed E-state index contributed by atoms with van der Waals surface area (Å²) < 4.78 is 0. The van der Waals surface area contributed by atoms with Crippen LogP contribution in [0.2, 0.25) is 0 Å². The molecule has 2 aliphatic rings. The maximum absolute atomic E-state index is 10.8. The molecule has 0 spiro atoms. The third-order valence-corrected chi connectivity index (χ3v) is 4.03. The molecule has 0 aromatic carbocycles. The van der Waals surface area contributed by atoms with E-state index in [1.165, 1.54) is 12.8 Å². The van der Waals surface area contributed by atoms with Crippen LogP contribution < -0.4 is 0 Å². The fraction of sp³-hybridized carbons (Fsp3) is 0.750. The van der Waals surface area contributed by atoms with Crippen LogP contribution in [0.1, 0.15) is 33.6 Å². The van der Waals surface area contributed by atoms with Gasteiger partial charge in [-0.05, 0) is 30.1 Å². The van der Waals surface area contributed by atoms with Gasteiger partial charge in [0.2, 0.25) is 0 Å². The predicted octanol–water partition coefficient (Wildman–Crippen LogP) is 2.81. The smallest absolute Gasteiger partial charge is 0.124 e. The quantitative estimate of drug-likeness (QED) is 0.469. The molecule has 2 aliphatic carbocycles. The second-order valence-electron chi connectivity index (χ2n) is 5.09. The first-order chi connectivity index (χ1) is 6.09. The summed E-state index contributed by atoms with van der Waals surface area (Å²) in [7, 11) is 0. The van der Waals surface area contributed by atoms with Gasteiger partial charge in [0.15, 0.2) is 0 Å². The average Bonchev–Trinajstić information content (AvgIpc) is 2.68.